The zero-order valence-electron chi connectivity index (χ0n) is 11.6. The van der Waals surface area contributed by atoms with Crippen LogP contribution in [0.3, 0.4) is 0 Å². The van der Waals surface area contributed by atoms with Gasteiger partial charge >= 0.3 is 0 Å². The number of nitrogens with one attached hydrogen (secondary N) is 1. The number of hydrogen-bond acceptors (Lipinski definition) is 2. The number of carbonyl (C=O) groups is 1. The molecule has 0 radical (unpaired) electrons. The molecule has 5 heteroatoms. The monoisotopic (exact) mass is 298 g/mol. The first-order chi connectivity index (χ1) is 9.12. The van der Waals surface area contributed by atoms with Gasteiger partial charge in [-0.25, -0.2) is 4.39 Å². The van der Waals surface area contributed by atoms with Crippen LogP contribution in [0.1, 0.15) is 25.3 Å². The highest BCUT2D eigenvalue weighted by molar-refractivity contribution is 5.91. The van der Waals surface area contributed by atoms with Crippen molar-refractivity contribution < 1.29 is 9.18 Å². The van der Waals surface area contributed by atoms with Gasteiger partial charge in [-0.05, 0) is 37.5 Å². The summed E-state index contributed by atoms with van der Waals surface area (Å²) in [7, 11) is 0. The second kappa shape index (κ2) is 5.70. The molecule has 1 aromatic rings. The van der Waals surface area contributed by atoms with Crippen LogP contribution >= 0.6 is 12.4 Å². The predicted octanol–water partition coefficient (Wildman–Crippen LogP) is 2.10. The summed E-state index contributed by atoms with van der Waals surface area (Å²) in [5.74, 6) is -0.0322. The number of piperazine rings is 1. The van der Waals surface area contributed by atoms with E-state index in [0.717, 1.165) is 38.0 Å². The van der Waals surface area contributed by atoms with E-state index in [-0.39, 0.29) is 29.5 Å². The molecule has 0 aromatic heterocycles. The van der Waals surface area contributed by atoms with Crippen molar-refractivity contribution in [2.75, 3.05) is 19.6 Å². The lowest BCUT2D eigenvalue weighted by Gasteiger charge is -2.34. The summed E-state index contributed by atoms with van der Waals surface area (Å²) in [6.45, 7) is 4.48. The average Bonchev–Trinajstić information content (AvgIpc) is 3.20. The van der Waals surface area contributed by atoms with E-state index in [2.05, 4.69) is 12.2 Å². The summed E-state index contributed by atoms with van der Waals surface area (Å²) in [5, 5.41) is 3.34. The molecule has 2 fully saturated rings. The Labute approximate surface area is 124 Å². The molecule has 0 spiro atoms. The van der Waals surface area contributed by atoms with Crippen LogP contribution in [0.15, 0.2) is 24.3 Å². The molecule has 3 nitrogen and oxygen atoms in total. The topological polar surface area (TPSA) is 32.3 Å². The molecule has 1 aliphatic heterocycles. The highest BCUT2D eigenvalue weighted by Crippen LogP contribution is 2.49. The Morgan fingerprint density at radius 2 is 2.00 bits per heavy atom. The Bertz CT molecular complexity index is 487. The van der Waals surface area contributed by atoms with Gasteiger partial charge in [0.15, 0.2) is 0 Å². The SMILES string of the molecule is CC1CN(C(=O)C2(c3ccc(F)cc3)CC2)CCN1.Cl. The second-order valence-electron chi connectivity index (χ2n) is 5.70. The van der Waals surface area contributed by atoms with Crippen molar-refractivity contribution in [3.05, 3.63) is 35.6 Å². The number of halogens is 2. The Morgan fingerprint density at radius 1 is 1.35 bits per heavy atom. The number of rotatable bonds is 2. The van der Waals surface area contributed by atoms with Crippen LogP contribution in [0.25, 0.3) is 0 Å². The number of amides is 1. The standard InChI is InChI=1S/C15H19FN2O.ClH/c1-11-10-18(9-8-17-11)14(19)15(6-7-15)12-2-4-13(16)5-3-12;/h2-5,11,17H,6-10H2,1H3;1H. The number of benzene rings is 1. The average molecular weight is 299 g/mol. The molecule has 1 saturated heterocycles. The van der Waals surface area contributed by atoms with Crippen molar-refractivity contribution in [1.29, 1.82) is 0 Å². The van der Waals surface area contributed by atoms with Gasteiger partial charge in [-0.15, -0.1) is 12.4 Å². The minimum Gasteiger partial charge on any atom is -0.339 e. The molecular weight excluding hydrogens is 279 g/mol. The van der Waals surface area contributed by atoms with E-state index in [0.29, 0.717) is 6.04 Å². The third-order valence-electron chi connectivity index (χ3n) is 4.21. The molecule has 1 atom stereocenters. The maximum absolute atomic E-state index is 13.0. The van der Waals surface area contributed by atoms with Gasteiger partial charge in [0, 0.05) is 25.7 Å². The van der Waals surface area contributed by atoms with E-state index in [9.17, 15) is 9.18 Å². The minimum absolute atomic E-state index is 0. The van der Waals surface area contributed by atoms with Gasteiger partial charge in [0.05, 0.1) is 5.41 Å². The van der Waals surface area contributed by atoms with Crippen molar-refractivity contribution in [3.8, 4) is 0 Å². The largest absolute Gasteiger partial charge is 0.339 e. The van der Waals surface area contributed by atoms with E-state index in [1.165, 1.54) is 12.1 Å². The molecule has 1 aromatic carbocycles. The van der Waals surface area contributed by atoms with Crippen LogP contribution < -0.4 is 5.32 Å². The van der Waals surface area contributed by atoms with Gasteiger partial charge in [0.1, 0.15) is 5.82 Å². The smallest absolute Gasteiger partial charge is 0.233 e. The molecule has 3 rings (SSSR count). The summed E-state index contributed by atoms with van der Waals surface area (Å²) in [4.78, 5) is 14.7. The van der Waals surface area contributed by atoms with Gasteiger partial charge in [0.25, 0.3) is 0 Å². The Morgan fingerprint density at radius 3 is 2.55 bits per heavy atom. The molecule has 1 aliphatic carbocycles. The van der Waals surface area contributed by atoms with Crippen LogP contribution in [-0.4, -0.2) is 36.5 Å². The molecule has 1 N–H and O–H groups in total. The Balaban J connectivity index is 0.00000147. The van der Waals surface area contributed by atoms with E-state index >= 15 is 0 Å². The number of hydrogen-bond donors (Lipinski definition) is 1. The van der Waals surface area contributed by atoms with Crippen molar-refractivity contribution in [2.24, 2.45) is 0 Å². The highest BCUT2D eigenvalue weighted by Gasteiger charge is 2.53. The number of nitrogens with zero attached hydrogens (tertiary/aromatic N) is 1. The van der Waals surface area contributed by atoms with E-state index in [1.54, 1.807) is 12.1 Å². The van der Waals surface area contributed by atoms with Gasteiger partial charge in [-0.3, -0.25) is 4.79 Å². The fourth-order valence-electron chi connectivity index (χ4n) is 2.94. The second-order valence-corrected chi connectivity index (χ2v) is 5.70. The zero-order chi connectivity index (χ0) is 13.5. The van der Waals surface area contributed by atoms with Crippen molar-refractivity contribution in [1.82, 2.24) is 10.2 Å². The van der Waals surface area contributed by atoms with Gasteiger partial charge in [-0.2, -0.15) is 0 Å². The van der Waals surface area contributed by atoms with E-state index in [1.807, 2.05) is 4.90 Å². The Hall–Kier alpha value is -1.13. The van der Waals surface area contributed by atoms with Crippen LogP contribution in [0.2, 0.25) is 0 Å². The van der Waals surface area contributed by atoms with Crippen molar-refractivity contribution >= 4 is 18.3 Å². The fourth-order valence-corrected chi connectivity index (χ4v) is 2.94. The summed E-state index contributed by atoms with van der Waals surface area (Å²) >= 11 is 0. The minimum atomic E-state index is -0.370. The first-order valence-electron chi connectivity index (χ1n) is 6.91. The number of carbonyl (C=O) groups excluding carboxylic acids is 1. The van der Waals surface area contributed by atoms with Crippen LogP contribution in [0, 0.1) is 5.82 Å². The first-order valence-corrected chi connectivity index (χ1v) is 6.91. The maximum Gasteiger partial charge on any atom is 0.233 e. The quantitative estimate of drug-likeness (QED) is 0.907. The summed E-state index contributed by atoms with van der Waals surface area (Å²) in [6, 6.07) is 6.76. The normalized spacial score (nSPS) is 23.9. The fraction of sp³-hybridized carbons (Fsp3) is 0.533. The third-order valence-corrected chi connectivity index (χ3v) is 4.21. The molecule has 1 saturated carbocycles. The third kappa shape index (κ3) is 2.67. The predicted molar refractivity (Wildman–Crippen MR) is 78.6 cm³/mol. The molecule has 1 unspecified atom stereocenters. The molecule has 20 heavy (non-hydrogen) atoms. The molecule has 0 bridgehead atoms. The zero-order valence-corrected chi connectivity index (χ0v) is 12.4. The van der Waals surface area contributed by atoms with E-state index in [4.69, 9.17) is 0 Å². The summed E-state index contributed by atoms with van der Waals surface area (Å²) < 4.78 is 13.0. The lowest BCUT2D eigenvalue weighted by molar-refractivity contribution is -0.135. The van der Waals surface area contributed by atoms with Crippen LogP contribution in [0.4, 0.5) is 4.39 Å². The molecular formula is C15H20ClFN2O. The van der Waals surface area contributed by atoms with Crippen molar-refractivity contribution in [2.45, 2.75) is 31.2 Å². The molecule has 2 aliphatic rings. The molecule has 1 heterocycles. The van der Waals surface area contributed by atoms with Crippen LogP contribution in [0.5, 0.6) is 0 Å². The molecule has 110 valence electrons. The highest BCUT2D eigenvalue weighted by atomic mass is 35.5. The van der Waals surface area contributed by atoms with Gasteiger partial charge in [0.2, 0.25) is 5.91 Å². The maximum atomic E-state index is 13.0. The molecule has 1 amide bonds. The lowest BCUT2D eigenvalue weighted by Crippen LogP contribution is -2.53. The summed E-state index contributed by atoms with van der Waals surface area (Å²) in [5.41, 5.74) is 0.593. The van der Waals surface area contributed by atoms with Gasteiger partial charge in [-0.1, -0.05) is 12.1 Å². The van der Waals surface area contributed by atoms with Crippen molar-refractivity contribution in [3.63, 3.8) is 0 Å². The van der Waals surface area contributed by atoms with Crippen LogP contribution in [-0.2, 0) is 10.2 Å². The lowest BCUT2D eigenvalue weighted by atomic mass is 9.93. The summed E-state index contributed by atoms with van der Waals surface area (Å²) in [6.07, 6.45) is 1.77. The Kier molecular flexibility index (Phi) is 4.35. The first kappa shape index (κ1) is 15.3. The van der Waals surface area contributed by atoms with Gasteiger partial charge < -0.3 is 10.2 Å². The van der Waals surface area contributed by atoms with E-state index < -0.39 is 0 Å².